The molecule has 1 aliphatic heterocycles. The molecule has 1 heterocycles. The predicted octanol–water partition coefficient (Wildman–Crippen LogP) is 1.99. The van der Waals surface area contributed by atoms with Crippen molar-refractivity contribution in [3.63, 3.8) is 0 Å². The molecule has 0 aliphatic carbocycles. The Labute approximate surface area is 56.7 Å². The van der Waals surface area contributed by atoms with Crippen LogP contribution in [0.1, 0.15) is 20.3 Å². The van der Waals surface area contributed by atoms with Crippen molar-refractivity contribution in [2.75, 3.05) is 6.61 Å². The lowest BCUT2D eigenvalue weighted by Gasteiger charge is -2.22. The smallest absolute Gasteiger partial charge is 0.0689 e. The van der Waals surface area contributed by atoms with Gasteiger partial charge in [-0.25, -0.2) is 0 Å². The van der Waals surface area contributed by atoms with Crippen molar-refractivity contribution in [1.82, 2.24) is 0 Å². The van der Waals surface area contributed by atoms with E-state index in [2.05, 4.69) is 20.4 Å². The highest BCUT2D eigenvalue weighted by molar-refractivity contribution is 4.94. The lowest BCUT2D eigenvalue weighted by molar-refractivity contribution is 0.0212. The van der Waals surface area contributed by atoms with Gasteiger partial charge in [0.15, 0.2) is 0 Å². The maximum atomic E-state index is 5.47. The quantitative estimate of drug-likeness (QED) is 0.488. The molecule has 0 aromatic rings. The van der Waals surface area contributed by atoms with Crippen LogP contribution in [0, 0.1) is 5.92 Å². The minimum atomic E-state index is 0.0434. The minimum Gasteiger partial charge on any atom is -0.375 e. The second kappa shape index (κ2) is 2.14. The van der Waals surface area contributed by atoms with Gasteiger partial charge in [0.25, 0.3) is 0 Å². The average Bonchev–Trinajstić information content (AvgIpc) is 2.08. The van der Waals surface area contributed by atoms with E-state index in [9.17, 15) is 0 Å². The average molecular weight is 126 g/mol. The van der Waals surface area contributed by atoms with Crippen LogP contribution in [0.2, 0.25) is 0 Å². The summed E-state index contributed by atoms with van der Waals surface area (Å²) >= 11 is 0. The van der Waals surface area contributed by atoms with E-state index in [4.69, 9.17) is 4.74 Å². The van der Waals surface area contributed by atoms with E-state index in [1.165, 1.54) is 0 Å². The summed E-state index contributed by atoms with van der Waals surface area (Å²) in [6.45, 7) is 8.89. The van der Waals surface area contributed by atoms with E-state index in [1.807, 2.05) is 6.08 Å². The van der Waals surface area contributed by atoms with Crippen LogP contribution in [0.15, 0.2) is 12.7 Å². The topological polar surface area (TPSA) is 9.23 Å². The first kappa shape index (κ1) is 6.81. The van der Waals surface area contributed by atoms with Crippen molar-refractivity contribution < 1.29 is 4.74 Å². The summed E-state index contributed by atoms with van der Waals surface area (Å²) in [6, 6.07) is 0. The molecule has 0 aromatic heterocycles. The van der Waals surface area contributed by atoms with Crippen LogP contribution in [0.25, 0.3) is 0 Å². The Kier molecular flexibility index (Phi) is 1.62. The molecular weight excluding hydrogens is 112 g/mol. The normalized spacial score (nSPS) is 32.4. The number of ether oxygens (including phenoxy) is 1. The summed E-state index contributed by atoms with van der Waals surface area (Å²) in [5, 5.41) is 0. The molecule has 0 radical (unpaired) electrons. The second-order valence-electron chi connectivity index (χ2n) is 3.08. The Morgan fingerprint density at radius 1 is 1.67 bits per heavy atom. The van der Waals surface area contributed by atoms with Gasteiger partial charge in [-0.05, 0) is 20.3 Å². The molecule has 1 aliphatic rings. The van der Waals surface area contributed by atoms with Crippen LogP contribution in [-0.2, 0) is 4.74 Å². The Balaban J connectivity index is 2.62. The zero-order valence-corrected chi connectivity index (χ0v) is 6.18. The molecule has 1 rings (SSSR count). The highest BCUT2D eigenvalue weighted by atomic mass is 16.5. The van der Waals surface area contributed by atoms with Crippen LogP contribution >= 0.6 is 0 Å². The fourth-order valence-corrected chi connectivity index (χ4v) is 1.31. The van der Waals surface area contributed by atoms with Gasteiger partial charge in [-0.1, -0.05) is 6.08 Å². The summed E-state index contributed by atoms with van der Waals surface area (Å²) in [4.78, 5) is 0. The van der Waals surface area contributed by atoms with E-state index >= 15 is 0 Å². The van der Waals surface area contributed by atoms with E-state index in [0.29, 0.717) is 5.92 Å². The Hall–Kier alpha value is -0.300. The molecule has 0 aromatic carbocycles. The molecule has 1 atom stereocenters. The van der Waals surface area contributed by atoms with Gasteiger partial charge in [-0.2, -0.15) is 0 Å². The second-order valence-corrected chi connectivity index (χ2v) is 3.08. The third-order valence-electron chi connectivity index (χ3n) is 2.08. The lowest BCUT2D eigenvalue weighted by atomic mass is 9.91. The van der Waals surface area contributed by atoms with Gasteiger partial charge in [0.05, 0.1) is 5.60 Å². The lowest BCUT2D eigenvalue weighted by Crippen LogP contribution is -2.25. The molecule has 52 valence electrons. The van der Waals surface area contributed by atoms with Crippen molar-refractivity contribution in [2.24, 2.45) is 5.92 Å². The van der Waals surface area contributed by atoms with Crippen LogP contribution in [0.5, 0.6) is 0 Å². The number of hydrogen-bond acceptors (Lipinski definition) is 1. The number of hydrogen-bond donors (Lipinski definition) is 0. The van der Waals surface area contributed by atoms with Crippen LogP contribution in [0.3, 0.4) is 0 Å². The van der Waals surface area contributed by atoms with Crippen LogP contribution in [0.4, 0.5) is 0 Å². The van der Waals surface area contributed by atoms with Crippen molar-refractivity contribution in [3.05, 3.63) is 12.7 Å². The summed E-state index contributed by atoms with van der Waals surface area (Å²) < 4.78 is 5.47. The summed E-state index contributed by atoms with van der Waals surface area (Å²) in [7, 11) is 0. The highest BCUT2D eigenvalue weighted by Gasteiger charge is 2.32. The van der Waals surface area contributed by atoms with Crippen molar-refractivity contribution in [2.45, 2.75) is 25.9 Å². The summed E-state index contributed by atoms with van der Waals surface area (Å²) in [5.41, 5.74) is 0.0434. The van der Waals surface area contributed by atoms with Gasteiger partial charge in [0.1, 0.15) is 0 Å². The van der Waals surface area contributed by atoms with Crippen molar-refractivity contribution in [1.29, 1.82) is 0 Å². The fourth-order valence-electron chi connectivity index (χ4n) is 1.31. The highest BCUT2D eigenvalue weighted by Crippen LogP contribution is 2.31. The van der Waals surface area contributed by atoms with Gasteiger partial charge >= 0.3 is 0 Å². The molecule has 0 amide bonds. The summed E-state index contributed by atoms with van der Waals surface area (Å²) in [6.07, 6.45) is 3.13. The van der Waals surface area contributed by atoms with Gasteiger partial charge in [-0.15, -0.1) is 6.58 Å². The Morgan fingerprint density at radius 2 is 2.33 bits per heavy atom. The maximum absolute atomic E-state index is 5.47. The van der Waals surface area contributed by atoms with Gasteiger partial charge in [0.2, 0.25) is 0 Å². The van der Waals surface area contributed by atoms with E-state index in [1.54, 1.807) is 0 Å². The van der Waals surface area contributed by atoms with Crippen LogP contribution < -0.4 is 0 Å². The molecule has 1 unspecified atom stereocenters. The molecule has 1 fully saturated rings. The zero-order valence-electron chi connectivity index (χ0n) is 6.18. The molecule has 1 heteroatoms. The third kappa shape index (κ3) is 1.16. The van der Waals surface area contributed by atoms with E-state index < -0.39 is 0 Å². The molecule has 0 saturated carbocycles. The minimum absolute atomic E-state index is 0.0434. The molecular formula is C8H14O. The van der Waals surface area contributed by atoms with Gasteiger partial charge in [-0.3, -0.25) is 0 Å². The molecule has 1 saturated heterocycles. The van der Waals surface area contributed by atoms with Gasteiger partial charge < -0.3 is 4.74 Å². The Morgan fingerprint density at radius 3 is 2.56 bits per heavy atom. The largest absolute Gasteiger partial charge is 0.375 e. The maximum Gasteiger partial charge on any atom is 0.0689 e. The van der Waals surface area contributed by atoms with Crippen LogP contribution in [-0.4, -0.2) is 12.2 Å². The number of rotatable bonds is 1. The van der Waals surface area contributed by atoms with Crippen molar-refractivity contribution in [3.8, 4) is 0 Å². The summed E-state index contributed by atoms with van der Waals surface area (Å²) in [5.74, 6) is 0.553. The van der Waals surface area contributed by atoms with E-state index in [0.717, 1.165) is 13.0 Å². The standard InChI is InChI=1S/C8H14O/c1-4-7-5-6-9-8(7,2)3/h4,7H,1,5-6H2,2-3H3. The first-order valence-electron chi connectivity index (χ1n) is 3.43. The molecule has 1 nitrogen and oxygen atoms in total. The fraction of sp³-hybridized carbons (Fsp3) is 0.750. The third-order valence-corrected chi connectivity index (χ3v) is 2.08. The first-order chi connectivity index (χ1) is 4.17. The Bertz CT molecular complexity index is 116. The van der Waals surface area contributed by atoms with Gasteiger partial charge in [0, 0.05) is 12.5 Å². The zero-order chi connectivity index (χ0) is 6.91. The molecule has 0 spiro atoms. The monoisotopic (exact) mass is 126 g/mol. The molecule has 0 bridgehead atoms. The molecule has 9 heavy (non-hydrogen) atoms. The SMILES string of the molecule is C=CC1CCOC1(C)C. The van der Waals surface area contributed by atoms with E-state index in [-0.39, 0.29) is 5.60 Å². The molecule has 0 N–H and O–H groups in total. The first-order valence-corrected chi connectivity index (χ1v) is 3.43. The predicted molar refractivity (Wildman–Crippen MR) is 38.3 cm³/mol. The van der Waals surface area contributed by atoms with Crippen molar-refractivity contribution >= 4 is 0 Å².